The number of fused-ring (bicyclic) bond motifs is 1. The van der Waals surface area contributed by atoms with Crippen LogP contribution < -0.4 is 10.8 Å². The molecule has 0 heterocycles. The van der Waals surface area contributed by atoms with Crippen LogP contribution in [0.2, 0.25) is 0 Å². The normalized spacial score (nSPS) is 12.7. The second-order valence-corrected chi connectivity index (χ2v) is 7.05. The molecule has 8 nitrogen and oxygen atoms in total. The zero-order valence-corrected chi connectivity index (χ0v) is 17.1. The van der Waals surface area contributed by atoms with E-state index in [0.717, 1.165) is 6.08 Å². The number of nitriles is 1. The summed E-state index contributed by atoms with van der Waals surface area (Å²) >= 11 is 0. The Labute approximate surface area is 184 Å². The van der Waals surface area contributed by atoms with E-state index in [9.17, 15) is 14.7 Å². The average molecular weight is 431 g/mol. The van der Waals surface area contributed by atoms with E-state index in [4.69, 9.17) is 15.2 Å². The van der Waals surface area contributed by atoms with E-state index in [2.05, 4.69) is 5.32 Å². The van der Waals surface area contributed by atoms with Crippen molar-refractivity contribution in [3.05, 3.63) is 83.9 Å². The summed E-state index contributed by atoms with van der Waals surface area (Å²) in [6.07, 6.45) is 1.10. The molecular formula is C24H21N3O5. The Morgan fingerprint density at radius 3 is 2.41 bits per heavy atom. The fourth-order valence-electron chi connectivity index (χ4n) is 3.28. The lowest BCUT2D eigenvalue weighted by Crippen LogP contribution is -2.22. The van der Waals surface area contributed by atoms with Gasteiger partial charge in [0.2, 0.25) is 0 Å². The topological polar surface area (TPSA) is 132 Å². The fraction of sp³-hybridized carbons (Fsp3) is 0.125. The van der Waals surface area contributed by atoms with E-state index in [1.54, 1.807) is 61.5 Å². The van der Waals surface area contributed by atoms with Gasteiger partial charge in [-0.2, -0.15) is 5.26 Å². The Balaban J connectivity index is 1.93. The first kappa shape index (κ1) is 22.3. The number of aromatic hydroxyl groups is 1. The number of benzene rings is 3. The Bertz CT molecular complexity index is 1200. The minimum absolute atomic E-state index is 0.0907. The minimum atomic E-state index is -0.818. The molecule has 32 heavy (non-hydrogen) atoms. The number of phenols is 1. The molecule has 0 spiro atoms. The molecule has 3 aromatic rings. The number of amides is 2. The molecule has 4 N–H and O–H groups in total. The molecular weight excluding hydrogens is 410 g/mol. The molecule has 3 rings (SSSR count). The third-order valence-electron chi connectivity index (χ3n) is 4.87. The SMILES string of the molecule is C[C@H](/C=C/C(=O)NO)[C@H](OC(=O)Nc1ccc(C#N)cc1)c1ccc(O)c2ccccc12. The molecule has 0 unspecified atom stereocenters. The van der Waals surface area contributed by atoms with Gasteiger partial charge >= 0.3 is 6.09 Å². The zero-order chi connectivity index (χ0) is 23.1. The smallest absolute Gasteiger partial charge is 0.412 e. The predicted octanol–water partition coefficient (Wildman–Crippen LogP) is 4.40. The van der Waals surface area contributed by atoms with Crippen molar-refractivity contribution in [2.45, 2.75) is 13.0 Å². The molecule has 0 saturated carbocycles. The Kier molecular flexibility index (Phi) is 7.06. The van der Waals surface area contributed by atoms with Crippen LogP contribution in [-0.4, -0.2) is 22.3 Å². The van der Waals surface area contributed by atoms with Gasteiger partial charge in [0.25, 0.3) is 5.91 Å². The molecule has 162 valence electrons. The largest absolute Gasteiger partial charge is 0.507 e. The number of carbonyl (C=O) groups excluding carboxylic acids is 2. The van der Waals surface area contributed by atoms with Crippen LogP contribution in [0.1, 0.15) is 24.2 Å². The highest BCUT2D eigenvalue weighted by Gasteiger charge is 2.25. The number of rotatable bonds is 6. The lowest BCUT2D eigenvalue weighted by Gasteiger charge is -2.24. The molecule has 0 saturated heterocycles. The van der Waals surface area contributed by atoms with Gasteiger partial charge in [-0.3, -0.25) is 15.3 Å². The molecule has 2 atom stereocenters. The predicted molar refractivity (Wildman–Crippen MR) is 118 cm³/mol. The quantitative estimate of drug-likeness (QED) is 0.260. The third kappa shape index (κ3) is 5.22. The van der Waals surface area contributed by atoms with Crippen molar-refractivity contribution >= 4 is 28.5 Å². The van der Waals surface area contributed by atoms with E-state index in [1.165, 1.54) is 17.6 Å². The summed E-state index contributed by atoms with van der Waals surface area (Å²) in [5.41, 5.74) is 3.06. The first-order valence-electron chi connectivity index (χ1n) is 9.73. The average Bonchev–Trinajstić information content (AvgIpc) is 2.82. The first-order valence-corrected chi connectivity index (χ1v) is 9.73. The van der Waals surface area contributed by atoms with Crippen LogP contribution in [0.25, 0.3) is 10.8 Å². The monoisotopic (exact) mass is 431 g/mol. The number of phenolic OH excluding ortho intramolecular Hbond substituents is 1. The van der Waals surface area contributed by atoms with Crippen LogP contribution in [0.3, 0.4) is 0 Å². The Morgan fingerprint density at radius 1 is 1.06 bits per heavy atom. The van der Waals surface area contributed by atoms with E-state index in [-0.39, 0.29) is 5.75 Å². The van der Waals surface area contributed by atoms with Crippen molar-refractivity contribution in [2.24, 2.45) is 5.92 Å². The van der Waals surface area contributed by atoms with Crippen molar-refractivity contribution in [2.75, 3.05) is 5.32 Å². The molecule has 2 amide bonds. The highest BCUT2D eigenvalue weighted by atomic mass is 16.6. The third-order valence-corrected chi connectivity index (χ3v) is 4.87. The number of hydrogen-bond donors (Lipinski definition) is 4. The van der Waals surface area contributed by atoms with Crippen LogP contribution in [0.5, 0.6) is 5.75 Å². The van der Waals surface area contributed by atoms with Gasteiger partial charge in [-0.25, -0.2) is 10.3 Å². The number of hydrogen-bond acceptors (Lipinski definition) is 6. The number of carbonyl (C=O) groups is 2. The van der Waals surface area contributed by atoms with Gasteiger partial charge in [0.05, 0.1) is 11.6 Å². The van der Waals surface area contributed by atoms with E-state index < -0.39 is 24.0 Å². The van der Waals surface area contributed by atoms with Gasteiger partial charge in [-0.15, -0.1) is 0 Å². The Hall–Kier alpha value is -4.35. The number of nitrogens with zero attached hydrogens (tertiary/aromatic N) is 1. The summed E-state index contributed by atoms with van der Waals surface area (Å²) in [5.74, 6) is -1.09. The summed E-state index contributed by atoms with van der Waals surface area (Å²) in [6, 6.07) is 18.6. The highest BCUT2D eigenvalue weighted by molar-refractivity contribution is 5.92. The molecule has 3 aromatic carbocycles. The van der Waals surface area contributed by atoms with Crippen LogP contribution in [0, 0.1) is 17.2 Å². The zero-order valence-electron chi connectivity index (χ0n) is 17.1. The lowest BCUT2D eigenvalue weighted by atomic mass is 9.92. The molecule has 0 bridgehead atoms. The van der Waals surface area contributed by atoms with Gasteiger partial charge < -0.3 is 9.84 Å². The second-order valence-electron chi connectivity index (χ2n) is 7.05. The highest BCUT2D eigenvalue weighted by Crippen LogP contribution is 2.36. The van der Waals surface area contributed by atoms with Gasteiger partial charge in [0.15, 0.2) is 0 Å². The summed E-state index contributed by atoms with van der Waals surface area (Å²) in [5, 5.41) is 31.7. The number of anilines is 1. The van der Waals surface area contributed by atoms with Gasteiger partial charge in [-0.1, -0.05) is 43.3 Å². The molecule has 8 heteroatoms. The Morgan fingerprint density at radius 2 is 1.75 bits per heavy atom. The van der Waals surface area contributed by atoms with Crippen molar-refractivity contribution in [3.63, 3.8) is 0 Å². The maximum atomic E-state index is 12.7. The van der Waals surface area contributed by atoms with Crippen molar-refractivity contribution in [1.82, 2.24) is 5.48 Å². The molecule has 0 aliphatic carbocycles. The van der Waals surface area contributed by atoms with Crippen molar-refractivity contribution in [1.29, 1.82) is 5.26 Å². The van der Waals surface area contributed by atoms with E-state index in [1.807, 2.05) is 6.07 Å². The van der Waals surface area contributed by atoms with Crippen molar-refractivity contribution in [3.8, 4) is 11.8 Å². The summed E-state index contributed by atoms with van der Waals surface area (Å²) < 4.78 is 5.73. The number of nitrogens with one attached hydrogen (secondary N) is 2. The number of ether oxygens (including phenoxy) is 1. The molecule has 0 aliphatic heterocycles. The van der Waals surface area contributed by atoms with Crippen LogP contribution in [-0.2, 0) is 9.53 Å². The number of hydroxylamine groups is 1. The lowest BCUT2D eigenvalue weighted by molar-refractivity contribution is -0.124. The second kappa shape index (κ2) is 10.1. The molecule has 0 fully saturated rings. The van der Waals surface area contributed by atoms with Crippen LogP contribution in [0.4, 0.5) is 10.5 Å². The minimum Gasteiger partial charge on any atom is -0.507 e. The maximum absolute atomic E-state index is 12.7. The first-order chi connectivity index (χ1) is 15.4. The fourth-order valence-corrected chi connectivity index (χ4v) is 3.28. The van der Waals surface area contributed by atoms with Gasteiger partial charge in [0.1, 0.15) is 11.9 Å². The van der Waals surface area contributed by atoms with Gasteiger partial charge in [-0.05, 0) is 35.7 Å². The summed E-state index contributed by atoms with van der Waals surface area (Å²) in [7, 11) is 0. The molecule has 0 aromatic heterocycles. The molecule has 0 aliphatic rings. The summed E-state index contributed by atoms with van der Waals surface area (Å²) in [6.45, 7) is 1.75. The van der Waals surface area contributed by atoms with E-state index in [0.29, 0.717) is 27.6 Å². The van der Waals surface area contributed by atoms with E-state index >= 15 is 0 Å². The van der Waals surface area contributed by atoms with Crippen LogP contribution >= 0.6 is 0 Å². The maximum Gasteiger partial charge on any atom is 0.412 e. The summed E-state index contributed by atoms with van der Waals surface area (Å²) in [4.78, 5) is 24.1. The van der Waals surface area contributed by atoms with Crippen LogP contribution in [0.15, 0.2) is 72.8 Å². The van der Waals surface area contributed by atoms with Crippen molar-refractivity contribution < 1.29 is 24.6 Å². The standard InChI is InChI=1S/C24H21N3O5/c1-15(6-13-22(29)27-31)23(20-11-12-21(28)19-5-3-2-4-18(19)20)32-24(30)26-17-9-7-16(14-25)8-10-17/h2-13,15,23,28,31H,1H3,(H,26,30)(H,27,29)/b13-6+/t15-,23+/m1/s1. The van der Waals surface area contributed by atoms with Gasteiger partial charge in [0, 0.05) is 28.6 Å². The molecule has 0 radical (unpaired) electrons.